The Balaban J connectivity index is 0.000000401. The van der Waals surface area contributed by atoms with Gasteiger partial charge in [0, 0.05) is 27.0 Å². The molecule has 0 fully saturated rings. The van der Waals surface area contributed by atoms with E-state index in [0.717, 1.165) is 28.4 Å². The quantitative estimate of drug-likeness (QED) is 0.122. The Labute approximate surface area is 307 Å². The molecule has 47 heavy (non-hydrogen) atoms. The van der Waals surface area contributed by atoms with Crippen LogP contribution in [-0.2, 0) is 33.3 Å². The van der Waals surface area contributed by atoms with Crippen LogP contribution in [0.3, 0.4) is 0 Å². The second-order valence-electron chi connectivity index (χ2n) is 13.4. The minimum Gasteiger partial charge on any atom is -0.677 e. The van der Waals surface area contributed by atoms with Crippen molar-refractivity contribution < 1.29 is 26.2 Å². The molecule has 246 valence electrons. The Morgan fingerprint density at radius 3 is 1.26 bits per heavy atom. The van der Waals surface area contributed by atoms with Gasteiger partial charge in [0.1, 0.15) is 0 Å². The molecule has 0 N–H and O–H groups in total. The third-order valence-corrected chi connectivity index (χ3v) is 8.65. The summed E-state index contributed by atoms with van der Waals surface area (Å²) in [5.41, 5.74) is 8.21. The zero-order valence-electron chi connectivity index (χ0n) is 29.9. The van der Waals surface area contributed by atoms with Crippen molar-refractivity contribution in [3.05, 3.63) is 181 Å². The monoisotopic (exact) mass is 719 g/mol. The van der Waals surface area contributed by atoms with E-state index < -0.39 is 8.07 Å². The standard InChI is InChI=1S/C21H34N3Si.3C7H7.Zr/c1-15(2)17-10-9-11-18(16(3)4)21(17)22-20(14-25(6,7)8)19-12-13-24(5)23-19;3*1-7-5-3-2-4-6-7;/h9-13,15-16,20H,14H2,1-8H3;3*2-6H,1H2;/q4*-1;+4. The first kappa shape index (κ1) is 41.6. The van der Waals surface area contributed by atoms with E-state index >= 15 is 0 Å². The molecule has 3 nitrogen and oxygen atoms in total. The van der Waals surface area contributed by atoms with Crippen molar-refractivity contribution in [2.45, 2.75) is 71.3 Å². The van der Waals surface area contributed by atoms with E-state index in [4.69, 9.17) is 5.32 Å². The first-order chi connectivity index (χ1) is 21.8. The Bertz CT molecular complexity index is 1390. The average molecular weight is 721 g/mol. The molecule has 1 unspecified atom stereocenters. The molecule has 1 heterocycles. The largest absolute Gasteiger partial charge is 4.00 e. The summed E-state index contributed by atoms with van der Waals surface area (Å²) in [5.74, 6) is 0.933. The molecule has 0 aliphatic carbocycles. The molecule has 1 aromatic heterocycles. The number of nitrogens with zero attached hydrogens (tertiary/aromatic N) is 3. The fourth-order valence-corrected chi connectivity index (χ4v) is 6.12. The van der Waals surface area contributed by atoms with Crippen molar-refractivity contribution in [3.63, 3.8) is 0 Å². The molecule has 0 aliphatic heterocycles. The van der Waals surface area contributed by atoms with E-state index in [-0.39, 0.29) is 32.2 Å². The maximum absolute atomic E-state index is 5.33. The van der Waals surface area contributed by atoms with E-state index in [2.05, 4.69) is 97.5 Å². The van der Waals surface area contributed by atoms with Crippen molar-refractivity contribution in [1.29, 1.82) is 0 Å². The first-order valence-corrected chi connectivity index (χ1v) is 19.9. The molecule has 4 aromatic carbocycles. The van der Waals surface area contributed by atoms with Crippen LogP contribution in [0.4, 0.5) is 5.69 Å². The minimum atomic E-state index is -1.28. The minimum absolute atomic E-state index is 0. The van der Waals surface area contributed by atoms with Crippen LogP contribution < -0.4 is 0 Å². The van der Waals surface area contributed by atoms with Gasteiger partial charge in [0.05, 0.1) is 0 Å². The van der Waals surface area contributed by atoms with Gasteiger partial charge in [0.25, 0.3) is 0 Å². The van der Waals surface area contributed by atoms with E-state index in [0.29, 0.717) is 11.8 Å². The number of aryl methyl sites for hydroxylation is 1. The predicted molar refractivity (Wildman–Crippen MR) is 204 cm³/mol. The smallest absolute Gasteiger partial charge is 0.677 e. The number of benzene rings is 4. The van der Waals surface area contributed by atoms with Gasteiger partial charge in [-0.3, -0.25) is 4.68 Å². The topological polar surface area (TPSA) is 31.9 Å². The van der Waals surface area contributed by atoms with E-state index in [9.17, 15) is 0 Å². The van der Waals surface area contributed by atoms with Crippen LogP contribution in [0.25, 0.3) is 5.32 Å². The van der Waals surface area contributed by atoms with Gasteiger partial charge in [0.15, 0.2) is 0 Å². The van der Waals surface area contributed by atoms with Gasteiger partial charge in [0.2, 0.25) is 0 Å². The van der Waals surface area contributed by atoms with Gasteiger partial charge in [-0.2, -0.15) is 79.0 Å². The van der Waals surface area contributed by atoms with Crippen molar-refractivity contribution >= 4 is 13.8 Å². The summed E-state index contributed by atoms with van der Waals surface area (Å²) >= 11 is 0. The molecule has 0 radical (unpaired) electrons. The molecule has 0 amide bonds. The van der Waals surface area contributed by atoms with E-state index in [1.807, 2.05) is 109 Å². The van der Waals surface area contributed by atoms with Crippen molar-refractivity contribution in [2.75, 3.05) is 0 Å². The Kier molecular flexibility index (Phi) is 19.0. The SMILES string of the molecule is CC(C)c1cccc(C(C)C)c1[N-]C(C[Si](C)(C)C)c1ccn(C)n1.[CH2-]c1ccccc1.[CH2-]c1ccccc1.[CH2-]c1ccccc1.[Zr+4]. The number of hydrogen-bond acceptors (Lipinski definition) is 1. The van der Waals surface area contributed by atoms with E-state index in [1.54, 1.807) is 0 Å². The van der Waals surface area contributed by atoms with Crippen molar-refractivity contribution in [3.8, 4) is 0 Å². The van der Waals surface area contributed by atoms with Crippen molar-refractivity contribution in [2.24, 2.45) is 7.05 Å². The summed E-state index contributed by atoms with van der Waals surface area (Å²) in [6, 6.07) is 39.7. The zero-order chi connectivity index (χ0) is 34.1. The zero-order valence-corrected chi connectivity index (χ0v) is 33.4. The maximum Gasteiger partial charge on any atom is 4.00 e. The molecule has 0 bridgehead atoms. The summed E-state index contributed by atoms with van der Waals surface area (Å²) in [4.78, 5) is 0. The molecule has 0 saturated heterocycles. The Hall–Kier alpha value is -3.40. The van der Waals surface area contributed by atoms with E-state index in [1.165, 1.54) is 16.8 Å². The third kappa shape index (κ3) is 16.8. The fraction of sp³-hybridized carbons (Fsp3) is 0.286. The molecule has 0 aliphatic rings. The predicted octanol–water partition coefficient (Wildman–Crippen LogP) is 12.4. The van der Waals surface area contributed by atoms with Gasteiger partial charge in [-0.05, 0) is 17.9 Å². The number of para-hydroxylation sites is 1. The fourth-order valence-electron chi connectivity index (χ4n) is 4.66. The number of hydrogen-bond donors (Lipinski definition) is 0. The molecular weight excluding hydrogens is 666 g/mol. The molecule has 5 heteroatoms. The van der Waals surface area contributed by atoms with Gasteiger partial charge >= 0.3 is 26.2 Å². The van der Waals surface area contributed by atoms with Crippen LogP contribution in [0.1, 0.15) is 79.1 Å². The van der Waals surface area contributed by atoms with Gasteiger partial charge in [-0.25, -0.2) is 0 Å². The summed E-state index contributed by atoms with van der Waals surface area (Å²) in [6.07, 6.45) is 2.03. The van der Waals surface area contributed by atoms with Crippen LogP contribution in [0.5, 0.6) is 0 Å². The van der Waals surface area contributed by atoms with Crippen LogP contribution in [0.15, 0.2) is 121 Å². The van der Waals surface area contributed by atoms with Gasteiger partial charge in [-0.1, -0.05) is 107 Å². The Morgan fingerprint density at radius 1 is 0.617 bits per heavy atom. The summed E-state index contributed by atoms with van der Waals surface area (Å²) in [7, 11) is 0.703. The Morgan fingerprint density at radius 2 is 1.00 bits per heavy atom. The van der Waals surface area contributed by atoms with Gasteiger partial charge < -0.3 is 5.32 Å². The molecule has 5 rings (SSSR count). The van der Waals surface area contributed by atoms with Crippen LogP contribution in [0, 0.1) is 20.8 Å². The first-order valence-electron chi connectivity index (χ1n) is 16.2. The number of rotatable bonds is 7. The van der Waals surface area contributed by atoms with Crippen LogP contribution >= 0.6 is 0 Å². The number of aromatic nitrogens is 2. The van der Waals surface area contributed by atoms with Gasteiger partial charge in [-0.15, -0.1) is 42.1 Å². The maximum atomic E-state index is 5.33. The van der Waals surface area contributed by atoms with Crippen LogP contribution in [0.2, 0.25) is 25.7 Å². The average Bonchev–Trinajstić information content (AvgIpc) is 3.44. The molecule has 0 saturated carbocycles. The third-order valence-electron chi connectivity index (χ3n) is 7.04. The molecular formula is C42H55N3SiZr. The summed E-state index contributed by atoms with van der Waals surface area (Å²) in [5, 5.41) is 10.0. The summed E-state index contributed by atoms with van der Waals surface area (Å²) < 4.78 is 1.89. The van der Waals surface area contributed by atoms with Crippen LogP contribution in [-0.4, -0.2) is 17.9 Å². The van der Waals surface area contributed by atoms with Crippen molar-refractivity contribution in [1.82, 2.24) is 9.78 Å². The second kappa shape index (κ2) is 21.5. The molecule has 0 spiro atoms. The molecule has 1 atom stereocenters. The second-order valence-corrected chi connectivity index (χ2v) is 18.9. The normalized spacial score (nSPS) is 11.0. The molecule has 5 aromatic rings. The summed E-state index contributed by atoms with van der Waals surface area (Å²) in [6.45, 7) is 27.4.